The maximum absolute atomic E-state index is 12.9. The van der Waals surface area contributed by atoms with Crippen molar-refractivity contribution >= 4 is 5.78 Å². The third kappa shape index (κ3) is 24.6. The van der Waals surface area contributed by atoms with Gasteiger partial charge in [0.15, 0.2) is 11.9 Å². The summed E-state index contributed by atoms with van der Waals surface area (Å²) in [6, 6.07) is 5.18. The van der Waals surface area contributed by atoms with E-state index >= 15 is 0 Å². The molecule has 0 aliphatic carbocycles. The molecule has 4 nitrogen and oxygen atoms in total. The van der Waals surface area contributed by atoms with Crippen molar-refractivity contribution in [3.05, 3.63) is 23.8 Å². The molecule has 0 heterocycles. The quantitative estimate of drug-likeness (QED) is 0.0758. The Labute approximate surface area is 286 Å². The van der Waals surface area contributed by atoms with Crippen LogP contribution in [0.4, 0.5) is 0 Å². The molecule has 0 amide bonds. The predicted molar refractivity (Wildman–Crippen MR) is 198 cm³/mol. The van der Waals surface area contributed by atoms with Crippen molar-refractivity contribution in [1.29, 1.82) is 0 Å². The summed E-state index contributed by atoms with van der Waals surface area (Å²) in [7, 11) is 0. The van der Waals surface area contributed by atoms with Gasteiger partial charge in [0.1, 0.15) is 18.1 Å². The van der Waals surface area contributed by atoms with Crippen molar-refractivity contribution in [1.82, 2.24) is 0 Å². The zero-order valence-electron chi connectivity index (χ0n) is 31.1. The molecule has 1 rings (SSSR count). The summed E-state index contributed by atoms with van der Waals surface area (Å²) in [6.07, 6.45) is 37.0. The van der Waals surface area contributed by atoms with E-state index in [1.165, 1.54) is 167 Å². The lowest BCUT2D eigenvalue weighted by Crippen LogP contribution is -2.30. The highest BCUT2D eigenvalue weighted by atomic mass is 16.5. The van der Waals surface area contributed by atoms with Crippen LogP contribution in [0.1, 0.15) is 206 Å². The van der Waals surface area contributed by atoms with Crippen LogP contribution >= 0.6 is 0 Å². The molecular weight excluding hydrogens is 568 g/mol. The lowest BCUT2D eigenvalue weighted by Gasteiger charge is -2.20. The second-order valence-electron chi connectivity index (χ2n) is 14.2. The lowest BCUT2D eigenvalue weighted by atomic mass is 10.0. The van der Waals surface area contributed by atoms with Crippen molar-refractivity contribution in [2.45, 2.75) is 220 Å². The molecule has 0 radical (unpaired) electrons. The van der Waals surface area contributed by atoms with Gasteiger partial charge in [-0.3, -0.25) is 4.79 Å². The van der Waals surface area contributed by atoms with Crippen molar-refractivity contribution in [3.8, 4) is 11.5 Å². The van der Waals surface area contributed by atoms with E-state index in [0.29, 0.717) is 5.75 Å². The molecule has 4 heteroatoms. The van der Waals surface area contributed by atoms with Gasteiger partial charge in [0.2, 0.25) is 0 Å². The first-order valence-electron chi connectivity index (χ1n) is 20.1. The Morgan fingerprint density at radius 1 is 0.609 bits per heavy atom. The summed E-state index contributed by atoms with van der Waals surface area (Å²) in [6.45, 7) is 8.29. The zero-order valence-corrected chi connectivity index (χ0v) is 31.1. The first-order valence-corrected chi connectivity index (χ1v) is 20.1. The molecule has 2 atom stereocenters. The van der Waals surface area contributed by atoms with E-state index in [0.717, 1.165) is 18.4 Å². The molecule has 46 heavy (non-hydrogen) atoms. The van der Waals surface area contributed by atoms with E-state index in [2.05, 4.69) is 13.8 Å². The van der Waals surface area contributed by atoms with Crippen molar-refractivity contribution in [2.24, 2.45) is 0 Å². The number of aryl methyl sites for hydroxylation is 1. The molecule has 0 fully saturated rings. The monoisotopic (exact) mass is 645 g/mol. The normalized spacial score (nSPS) is 12.8. The topological polar surface area (TPSA) is 55.8 Å². The Morgan fingerprint density at radius 3 is 1.35 bits per heavy atom. The van der Waals surface area contributed by atoms with Gasteiger partial charge < -0.3 is 14.6 Å². The minimum Gasteiger partial charge on any atom is -0.508 e. The number of unbranched alkanes of at least 4 members (excludes halogenated alkanes) is 24. The van der Waals surface area contributed by atoms with Crippen LogP contribution in [0.3, 0.4) is 0 Å². The first kappa shape index (κ1) is 42.5. The molecule has 0 aromatic heterocycles. The molecule has 1 aromatic rings. The molecular formula is C42H76O4. The smallest absolute Gasteiger partial charge is 0.198 e. The van der Waals surface area contributed by atoms with Gasteiger partial charge in [0.05, 0.1) is 6.10 Å². The standard InChI is InChI=1S/C42H76O4/c1-5-7-9-11-13-15-17-19-20-22-24-26-28-30-32-39(31-29-27-25-23-21-18-16-14-12-10-8-6-2)45-36-42(44)38(4)46-40-34-33-37(3)41(43)35-40/h33-35,38-39,43H,5-32,36H2,1-4H3. The number of rotatable bonds is 34. The third-order valence-electron chi connectivity index (χ3n) is 9.67. The van der Waals surface area contributed by atoms with Crippen LogP contribution < -0.4 is 4.74 Å². The summed E-state index contributed by atoms with van der Waals surface area (Å²) in [5.41, 5.74) is 0.791. The lowest BCUT2D eigenvalue weighted by molar-refractivity contribution is -0.132. The number of carbonyl (C=O) groups is 1. The Hall–Kier alpha value is -1.55. The van der Waals surface area contributed by atoms with Gasteiger partial charge in [-0.05, 0) is 38.3 Å². The van der Waals surface area contributed by atoms with E-state index in [4.69, 9.17) is 9.47 Å². The molecule has 1 aromatic carbocycles. The largest absolute Gasteiger partial charge is 0.508 e. The third-order valence-corrected chi connectivity index (χ3v) is 9.67. The van der Waals surface area contributed by atoms with E-state index < -0.39 is 6.10 Å². The van der Waals surface area contributed by atoms with Gasteiger partial charge >= 0.3 is 0 Å². The summed E-state index contributed by atoms with van der Waals surface area (Å²) < 4.78 is 12.1. The second-order valence-corrected chi connectivity index (χ2v) is 14.2. The van der Waals surface area contributed by atoms with Gasteiger partial charge in [0.25, 0.3) is 0 Å². The number of hydrogen-bond acceptors (Lipinski definition) is 4. The Bertz CT molecular complexity index is 822. The second kappa shape index (κ2) is 30.8. The zero-order chi connectivity index (χ0) is 33.5. The number of ether oxygens (including phenoxy) is 2. The molecule has 1 N–H and O–H groups in total. The fourth-order valence-electron chi connectivity index (χ4n) is 6.34. The summed E-state index contributed by atoms with van der Waals surface area (Å²) in [4.78, 5) is 12.9. The van der Waals surface area contributed by atoms with Gasteiger partial charge in [-0.25, -0.2) is 0 Å². The van der Waals surface area contributed by atoms with Crippen LogP contribution in [0.15, 0.2) is 18.2 Å². The molecule has 0 aliphatic rings. The van der Waals surface area contributed by atoms with Gasteiger partial charge in [-0.15, -0.1) is 0 Å². The highest BCUT2D eigenvalue weighted by Gasteiger charge is 2.18. The number of benzene rings is 1. The van der Waals surface area contributed by atoms with E-state index in [9.17, 15) is 9.90 Å². The number of aromatic hydroxyl groups is 1. The molecule has 0 bridgehead atoms. The van der Waals surface area contributed by atoms with Gasteiger partial charge in [-0.2, -0.15) is 0 Å². The van der Waals surface area contributed by atoms with Crippen LogP contribution in [0.25, 0.3) is 0 Å². The Balaban J connectivity index is 2.28. The van der Waals surface area contributed by atoms with Crippen molar-refractivity contribution in [2.75, 3.05) is 6.61 Å². The molecule has 0 aliphatic heterocycles. The summed E-state index contributed by atoms with van der Waals surface area (Å²) >= 11 is 0. The fraction of sp³-hybridized carbons (Fsp3) is 0.833. The van der Waals surface area contributed by atoms with Crippen molar-refractivity contribution in [3.63, 3.8) is 0 Å². The number of phenolic OH excluding ortho intramolecular Hbond substituents is 1. The van der Waals surface area contributed by atoms with Gasteiger partial charge in [0, 0.05) is 6.07 Å². The average molecular weight is 645 g/mol. The minimum absolute atomic E-state index is 0.0410. The molecule has 0 spiro atoms. The van der Waals surface area contributed by atoms with Crippen LogP contribution in [-0.4, -0.2) is 29.7 Å². The molecule has 0 saturated carbocycles. The van der Waals surface area contributed by atoms with E-state index in [-0.39, 0.29) is 24.2 Å². The number of ketones is 1. The fourth-order valence-corrected chi connectivity index (χ4v) is 6.34. The summed E-state index contributed by atoms with van der Waals surface area (Å²) in [5, 5.41) is 9.97. The summed E-state index contributed by atoms with van der Waals surface area (Å²) in [5.74, 6) is 0.657. The van der Waals surface area contributed by atoms with Gasteiger partial charge in [-0.1, -0.05) is 187 Å². The van der Waals surface area contributed by atoms with E-state index in [1.54, 1.807) is 25.1 Å². The predicted octanol–water partition coefficient (Wildman–Crippen LogP) is 13.4. The minimum atomic E-state index is -0.601. The number of carbonyl (C=O) groups excluding carboxylic acids is 1. The van der Waals surface area contributed by atoms with E-state index in [1.807, 2.05) is 6.92 Å². The van der Waals surface area contributed by atoms with Crippen LogP contribution in [0, 0.1) is 6.92 Å². The molecule has 2 unspecified atom stereocenters. The SMILES string of the molecule is CCCCCCCCCCCCCCCCC(CCCCCCCCCCCCCC)OCC(=O)C(C)Oc1ccc(C)c(O)c1. The molecule has 0 saturated heterocycles. The molecule has 268 valence electrons. The number of hydrogen-bond donors (Lipinski definition) is 1. The maximum atomic E-state index is 12.9. The Kier molecular flexibility index (Phi) is 28.4. The van der Waals surface area contributed by atoms with Crippen LogP contribution in [0.5, 0.6) is 11.5 Å². The first-order chi connectivity index (χ1) is 22.5. The van der Waals surface area contributed by atoms with Crippen LogP contribution in [0.2, 0.25) is 0 Å². The van der Waals surface area contributed by atoms with Crippen LogP contribution in [-0.2, 0) is 9.53 Å². The average Bonchev–Trinajstić information content (AvgIpc) is 3.05. The number of Topliss-reactive ketones (excluding diaryl/α,β-unsaturated/α-hetero) is 1. The number of phenols is 1. The van der Waals surface area contributed by atoms with Crippen molar-refractivity contribution < 1.29 is 19.4 Å². The highest BCUT2D eigenvalue weighted by Crippen LogP contribution is 2.24. The maximum Gasteiger partial charge on any atom is 0.198 e. The highest BCUT2D eigenvalue weighted by molar-refractivity contribution is 5.84. The Morgan fingerprint density at radius 2 is 0.978 bits per heavy atom.